The predicted octanol–water partition coefficient (Wildman–Crippen LogP) is -0.0606. The number of hydroxylamine groups is 2. The van der Waals surface area contributed by atoms with Crippen molar-refractivity contribution in [3.63, 3.8) is 0 Å². The predicted molar refractivity (Wildman–Crippen MR) is 83.0 cm³/mol. The fourth-order valence-electron chi connectivity index (χ4n) is 3.28. The molecule has 0 spiro atoms. The molecule has 2 rings (SSSR count). The Kier molecular flexibility index (Phi) is 6.32. The van der Waals surface area contributed by atoms with Crippen molar-refractivity contribution in [2.24, 2.45) is 5.92 Å². The lowest BCUT2D eigenvalue weighted by Gasteiger charge is -2.29. The molecule has 0 amide bonds. The number of ether oxygens (including phenoxy) is 3. The van der Waals surface area contributed by atoms with E-state index in [1.165, 1.54) is 14.0 Å². The molecule has 2 aliphatic rings. The SMILES string of the molecule is CCOC(=O)C1ON2OC(C(=O)OC)CC2(C(=O)OCC)C1CC(C)=O. The zero-order chi connectivity index (χ0) is 19.5. The number of hydrogen-bond acceptors (Lipinski definition) is 10. The van der Waals surface area contributed by atoms with E-state index < -0.39 is 41.6 Å². The molecule has 2 aliphatic heterocycles. The standard InChI is InChI=1S/C16H23NO9/c1-5-23-14(20)12-10(7-9(3)18)16(15(21)24-6-2)8-11(13(19)22-4)25-17(16)26-12/h10-12H,5-8H2,1-4H3. The van der Waals surface area contributed by atoms with Gasteiger partial charge in [-0.3, -0.25) is 9.68 Å². The van der Waals surface area contributed by atoms with E-state index in [0.29, 0.717) is 0 Å². The normalized spacial score (nSPS) is 30.5. The molecule has 10 nitrogen and oxygen atoms in total. The molecule has 146 valence electrons. The molecule has 0 aromatic carbocycles. The molecule has 0 aromatic heterocycles. The summed E-state index contributed by atoms with van der Waals surface area (Å²) in [5.74, 6) is -3.38. The molecule has 2 saturated heterocycles. The van der Waals surface area contributed by atoms with Crippen molar-refractivity contribution in [1.82, 2.24) is 5.23 Å². The number of methoxy groups -OCH3 is 1. The van der Waals surface area contributed by atoms with E-state index in [4.69, 9.17) is 19.1 Å². The number of carbonyl (C=O) groups is 4. The van der Waals surface area contributed by atoms with Crippen LogP contribution in [-0.4, -0.2) is 67.0 Å². The van der Waals surface area contributed by atoms with Crippen LogP contribution in [0.25, 0.3) is 0 Å². The molecule has 0 saturated carbocycles. The number of esters is 3. The first-order valence-corrected chi connectivity index (χ1v) is 8.36. The molecule has 26 heavy (non-hydrogen) atoms. The van der Waals surface area contributed by atoms with E-state index in [0.717, 1.165) is 5.23 Å². The van der Waals surface area contributed by atoms with Crippen LogP contribution in [-0.2, 0) is 43.1 Å². The Morgan fingerprint density at radius 2 is 1.73 bits per heavy atom. The number of Topliss-reactive ketones (excluding diaryl/α,β-unsaturated/α-hetero) is 1. The van der Waals surface area contributed by atoms with Crippen molar-refractivity contribution >= 4 is 23.7 Å². The molecule has 2 fully saturated rings. The smallest absolute Gasteiger partial charge is 0.337 e. The molecule has 10 heteroatoms. The first-order chi connectivity index (χ1) is 12.3. The maximum atomic E-state index is 12.8. The number of nitrogens with zero attached hydrogens (tertiary/aromatic N) is 1. The van der Waals surface area contributed by atoms with Crippen molar-refractivity contribution in [3.05, 3.63) is 0 Å². The highest BCUT2D eigenvalue weighted by Gasteiger charge is 2.70. The van der Waals surface area contributed by atoms with Crippen LogP contribution >= 0.6 is 0 Å². The Morgan fingerprint density at radius 1 is 1.08 bits per heavy atom. The van der Waals surface area contributed by atoms with Crippen LogP contribution in [0.2, 0.25) is 0 Å². The molecule has 2 heterocycles. The summed E-state index contributed by atoms with van der Waals surface area (Å²) in [4.78, 5) is 59.6. The lowest BCUT2D eigenvalue weighted by atomic mass is 9.75. The minimum absolute atomic E-state index is 0.0637. The van der Waals surface area contributed by atoms with E-state index in [2.05, 4.69) is 4.74 Å². The highest BCUT2D eigenvalue weighted by Crippen LogP contribution is 2.49. The molecule has 0 aliphatic carbocycles. The van der Waals surface area contributed by atoms with Crippen LogP contribution in [0.1, 0.15) is 33.6 Å². The van der Waals surface area contributed by atoms with Gasteiger partial charge in [0.2, 0.25) is 0 Å². The van der Waals surface area contributed by atoms with Crippen LogP contribution in [0.3, 0.4) is 0 Å². The Bertz CT molecular complexity index is 592. The maximum absolute atomic E-state index is 12.8. The number of fused-ring (bicyclic) bond motifs is 1. The topological polar surface area (TPSA) is 118 Å². The van der Waals surface area contributed by atoms with Crippen molar-refractivity contribution in [3.8, 4) is 0 Å². The molecule has 0 aromatic rings. The van der Waals surface area contributed by atoms with Gasteiger partial charge in [-0.1, -0.05) is 0 Å². The number of hydrogen-bond donors (Lipinski definition) is 0. The van der Waals surface area contributed by atoms with Crippen LogP contribution in [0.15, 0.2) is 0 Å². The largest absolute Gasteiger partial charge is 0.467 e. The quantitative estimate of drug-likeness (QED) is 0.443. The molecule has 0 N–H and O–H groups in total. The molecular weight excluding hydrogens is 350 g/mol. The lowest BCUT2D eigenvalue weighted by Crippen LogP contribution is -2.52. The van der Waals surface area contributed by atoms with Gasteiger partial charge in [0.1, 0.15) is 5.78 Å². The Balaban J connectivity index is 2.44. The summed E-state index contributed by atoms with van der Waals surface area (Å²) >= 11 is 0. The van der Waals surface area contributed by atoms with Gasteiger partial charge in [0.25, 0.3) is 0 Å². The minimum atomic E-state index is -1.63. The van der Waals surface area contributed by atoms with Gasteiger partial charge in [0.15, 0.2) is 17.7 Å². The van der Waals surface area contributed by atoms with Gasteiger partial charge in [0, 0.05) is 18.8 Å². The first kappa shape index (κ1) is 20.3. The van der Waals surface area contributed by atoms with Crippen LogP contribution in [0, 0.1) is 5.92 Å². The summed E-state index contributed by atoms with van der Waals surface area (Å²) in [7, 11) is 1.18. The zero-order valence-electron chi connectivity index (χ0n) is 15.2. The fraction of sp³-hybridized carbons (Fsp3) is 0.750. The van der Waals surface area contributed by atoms with Gasteiger partial charge in [-0.05, 0) is 26.0 Å². The van der Waals surface area contributed by atoms with E-state index in [9.17, 15) is 19.2 Å². The van der Waals surface area contributed by atoms with Gasteiger partial charge in [-0.15, -0.1) is 0 Å². The monoisotopic (exact) mass is 373 g/mol. The molecule has 0 radical (unpaired) electrons. The highest BCUT2D eigenvalue weighted by molar-refractivity contribution is 5.89. The van der Waals surface area contributed by atoms with E-state index in [1.807, 2.05) is 0 Å². The zero-order valence-corrected chi connectivity index (χ0v) is 15.2. The van der Waals surface area contributed by atoms with Crippen LogP contribution in [0.4, 0.5) is 0 Å². The van der Waals surface area contributed by atoms with Crippen molar-refractivity contribution in [2.75, 3.05) is 20.3 Å². The summed E-state index contributed by atoms with van der Waals surface area (Å²) in [6, 6.07) is 0. The van der Waals surface area contributed by atoms with Crippen LogP contribution < -0.4 is 0 Å². The number of ketones is 1. The maximum Gasteiger partial charge on any atom is 0.337 e. The molecule has 4 unspecified atom stereocenters. The first-order valence-electron chi connectivity index (χ1n) is 8.36. The molecule has 0 bridgehead atoms. The van der Waals surface area contributed by atoms with Crippen molar-refractivity contribution in [1.29, 1.82) is 0 Å². The highest BCUT2D eigenvalue weighted by atomic mass is 17.0. The summed E-state index contributed by atoms with van der Waals surface area (Å²) in [5.41, 5.74) is -1.63. The van der Waals surface area contributed by atoms with Crippen molar-refractivity contribution in [2.45, 2.75) is 51.4 Å². The minimum Gasteiger partial charge on any atom is -0.467 e. The van der Waals surface area contributed by atoms with Crippen molar-refractivity contribution < 1.29 is 43.1 Å². The van der Waals surface area contributed by atoms with E-state index in [-0.39, 0.29) is 31.8 Å². The van der Waals surface area contributed by atoms with Gasteiger partial charge >= 0.3 is 17.9 Å². The molecule has 4 atom stereocenters. The number of carbonyl (C=O) groups excluding carboxylic acids is 4. The van der Waals surface area contributed by atoms with E-state index >= 15 is 0 Å². The summed E-state index contributed by atoms with van der Waals surface area (Å²) in [6.07, 6.45) is -2.69. The third-order valence-corrected chi connectivity index (χ3v) is 4.35. The Morgan fingerprint density at radius 3 is 2.27 bits per heavy atom. The van der Waals surface area contributed by atoms with E-state index in [1.54, 1.807) is 13.8 Å². The summed E-state index contributed by atoms with van der Waals surface area (Å²) < 4.78 is 14.8. The van der Waals surface area contributed by atoms with Gasteiger partial charge in [-0.2, -0.15) is 0 Å². The Labute approximate surface area is 150 Å². The average molecular weight is 373 g/mol. The Hall–Kier alpha value is -2.04. The third kappa shape index (κ3) is 3.44. The summed E-state index contributed by atoms with van der Waals surface area (Å²) in [5, 5.41) is 0.807. The van der Waals surface area contributed by atoms with Gasteiger partial charge in [-0.25, -0.2) is 14.4 Å². The second-order valence-electron chi connectivity index (χ2n) is 6.01. The average Bonchev–Trinajstić information content (AvgIpc) is 3.10. The fourth-order valence-corrected chi connectivity index (χ4v) is 3.28. The lowest BCUT2D eigenvalue weighted by molar-refractivity contribution is -0.362. The second-order valence-corrected chi connectivity index (χ2v) is 6.01. The third-order valence-electron chi connectivity index (χ3n) is 4.35. The van der Waals surface area contributed by atoms with Crippen LogP contribution in [0.5, 0.6) is 0 Å². The van der Waals surface area contributed by atoms with Gasteiger partial charge in [0.05, 0.1) is 20.3 Å². The summed E-state index contributed by atoms with van der Waals surface area (Å²) in [6.45, 7) is 4.74. The van der Waals surface area contributed by atoms with Gasteiger partial charge < -0.3 is 19.0 Å². The number of rotatable bonds is 7. The molecular formula is C16H23NO9. The second kappa shape index (κ2) is 8.11.